The van der Waals surface area contributed by atoms with Gasteiger partial charge >= 0.3 is 0 Å². The Kier molecular flexibility index (Phi) is 4.95. The van der Waals surface area contributed by atoms with Crippen LogP contribution in [0.4, 0.5) is 0 Å². The third kappa shape index (κ3) is 3.96. The van der Waals surface area contributed by atoms with Crippen LogP contribution in [-0.2, 0) is 5.41 Å². The lowest BCUT2D eigenvalue weighted by Gasteiger charge is -2.19. The van der Waals surface area contributed by atoms with Gasteiger partial charge in [0.25, 0.3) is 0 Å². The second kappa shape index (κ2) is 7.55. The fourth-order valence-electron chi connectivity index (χ4n) is 3.51. The van der Waals surface area contributed by atoms with Crippen LogP contribution in [0.3, 0.4) is 0 Å². The predicted molar refractivity (Wildman–Crippen MR) is 119 cm³/mol. The van der Waals surface area contributed by atoms with E-state index in [1.807, 2.05) is 6.07 Å². The van der Waals surface area contributed by atoms with E-state index in [4.69, 9.17) is 0 Å². The number of hydrogen-bond donors (Lipinski definition) is 0. The van der Waals surface area contributed by atoms with Crippen LogP contribution in [-0.4, -0.2) is 11.4 Å². The minimum Gasteiger partial charge on any atom is -0.155 e. The highest BCUT2D eigenvalue weighted by atomic mass is 15.2. The van der Waals surface area contributed by atoms with Crippen molar-refractivity contribution in [1.82, 2.24) is 0 Å². The lowest BCUT2D eigenvalue weighted by atomic mass is 9.86. The fraction of sp³-hybridized carbons (Fsp3) is 0.231. The number of benzene rings is 3. The molecule has 0 atom stereocenters. The topological polar surface area (TPSA) is 24.7 Å². The Labute approximate surface area is 167 Å². The van der Waals surface area contributed by atoms with Crippen molar-refractivity contribution in [3.05, 3.63) is 95.6 Å². The molecule has 28 heavy (non-hydrogen) atoms. The van der Waals surface area contributed by atoms with Gasteiger partial charge in [-0.1, -0.05) is 99.6 Å². The zero-order valence-corrected chi connectivity index (χ0v) is 16.8. The van der Waals surface area contributed by atoms with Gasteiger partial charge in [-0.05, 0) is 46.1 Å². The summed E-state index contributed by atoms with van der Waals surface area (Å²) in [6, 6.07) is 27.8. The Morgan fingerprint density at radius 2 is 0.964 bits per heavy atom. The van der Waals surface area contributed by atoms with E-state index in [1.165, 1.54) is 22.3 Å². The van der Waals surface area contributed by atoms with Crippen LogP contribution >= 0.6 is 0 Å². The smallest absolute Gasteiger partial charge is 0.0706 e. The van der Waals surface area contributed by atoms with Crippen molar-refractivity contribution in [3.8, 4) is 11.1 Å². The Bertz CT molecular complexity index is 1000. The summed E-state index contributed by atoms with van der Waals surface area (Å²) >= 11 is 0. The van der Waals surface area contributed by atoms with Crippen LogP contribution < -0.4 is 0 Å². The molecule has 0 aromatic heterocycles. The highest BCUT2D eigenvalue weighted by Crippen LogP contribution is 2.24. The molecule has 3 aromatic carbocycles. The third-order valence-electron chi connectivity index (χ3n) is 5.30. The van der Waals surface area contributed by atoms with Gasteiger partial charge < -0.3 is 0 Å². The van der Waals surface area contributed by atoms with E-state index >= 15 is 0 Å². The van der Waals surface area contributed by atoms with Gasteiger partial charge in [-0.2, -0.15) is 10.2 Å². The van der Waals surface area contributed by atoms with Gasteiger partial charge in [-0.25, -0.2) is 0 Å². The van der Waals surface area contributed by atoms with Crippen molar-refractivity contribution >= 4 is 11.4 Å². The summed E-state index contributed by atoms with van der Waals surface area (Å²) in [6.45, 7) is 6.71. The monoisotopic (exact) mass is 366 g/mol. The maximum atomic E-state index is 4.54. The summed E-state index contributed by atoms with van der Waals surface area (Å²) in [5, 5.41) is 9.07. The van der Waals surface area contributed by atoms with Gasteiger partial charge in [0.2, 0.25) is 0 Å². The molecular formula is C26H26N2. The lowest BCUT2D eigenvalue weighted by Crippen LogP contribution is -2.13. The van der Waals surface area contributed by atoms with Gasteiger partial charge in [0.1, 0.15) is 0 Å². The highest BCUT2D eigenvalue weighted by Gasteiger charge is 2.16. The Balaban J connectivity index is 1.52. The summed E-state index contributed by atoms with van der Waals surface area (Å²) in [6.07, 6.45) is 1.85. The molecule has 3 aromatic rings. The molecule has 0 bridgehead atoms. The molecule has 1 heterocycles. The quantitative estimate of drug-likeness (QED) is 0.496. The normalized spacial score (nSPS) is 14.4. The molecule has 0 spiro atoms. The van der Waals surface area contributed by atoms with Gasteiger partial charge in [-0.3, -0.25) is 0 Å². The summed E-state index contributed by atoms with van der Waals surface area (Å²) < 4.78 is 0. The molecule has 0 saturated carbocycles. The molecule has 0 radical (unpaired) electrons. The van der Waals surface area contributed by atoms with E-state index in [2.05, 4.69) is 104 Å². The Hall–Kier alpha value is -3.00. The maximum absolute atomic E-state index is 4.54. The second-order valence-corrected chi connectivity index (χ2v) is 8.36. The van der Waals surface area contributed by atoms with Crippen LogP contribution in [0.1, 0.15) is 50.3 Å². The highest BCUT2D eigenvalue weighted by molar-refractivity contribution is 6.09. The Morgan fingerprint density at radius 3 is 1.43 bits per heavy atom. The number of rotatable bonds is 3. The van der Waals surface area contributed by atoms with Gasteiger partial charge in [0, 0.05) is 0 Å². The van der Waals surface area contributed by atoms with Gasteiger partial charge in [0.15, 0.2) is 0 Å². The van der Waals surface area contributed by atoms with Crippen molar-refractivity contribution in [2.75, 3.05) is 0 Å². The molecule has 1 aliphatic heterocycles. The lowest BCUT2D eigenvalue weighted by molar-refractivity contribution is 0.590. The van der Waals surface area contributed by atoms with Gasteiger partial charge in [0.05, 0.1) is 11.4 Å². The van der Waals surface area contributed by atoms with Crippen molar-refractivity contribution in [2.24, 2.45) is 10.2 Å². The molecule has 0 fully saturated rings. The molecule has 0 aliphatic carbocycles. The van der Waals surface area contributed by atoms with E-state index in [0.29, 0.717) is 0 Å². The van der Waals surface area contributed by atoms with E-state index < -0.39 is 0 Å². The summed E-state index contributed by atoms with van der Waals surface area (Å²) in [5.41, 5.74) is 8.45. The largest absolute Gasteiger partial charge is 0.155 e. The predicted octanol–water partition coefficient (Wildman–Crippen LogP) is 6.64. The minimum absolute atomic E-state index is 0.171. The first kappa shape index (κ1) is 18.4. The van der Waals surface area contributed by atoms with Crippen molar-refractivity contribution in [1.29, 1.82) is 0 Å². The standard InChI is InChI=1S/C26H26N2/c1-26(2,3)23-15-13-22(14-16-23)25-18-17-24(27-28-25)21-11-9-20(10-12-21)19-7-5-4-6-8-19/h4-16H,17-18H2,1-3H3. The minimum atomic E-state index is 0.171. The first-order valence-electron chi connectivity index (χ1n) is 9.91. The summed E-state index contributed by atoms with van der Waals surface area (Å²) in [4.78, 5) is 0. The van der Waals surface area contributed by atoms with E-state index in [9.17, 15) is 0 Å². The number of nitrogens with zero attached hydrogens (tertiary/aromatic N) is 2. The SMILES string of the molecule is CC(C)(C)c1ccc(C2=NN=C(c3ccc(-c4ccccc4)cc3)CC2)cc1. The van der Waals surface area contributed by atoms with Crippen molar-refractivity contribution in [2.45, 2.75) is 39.0 Å². The average Bonchev–Trinajstić information content (AvgIpc) is 2.74. The molecule has 0 unspecified atom stereocenters. The first-order chi connectivity index (χ1) is 13.5. The molecule has 2 heteroatoms. The van der Waals surface area contributed by atoms with Crippen LogP contribution in [0.2, 0.25) is 0 Å². The van der Waals surface area contributed by atoms with Crippen LogP contribution in [0.25, 0.3) is 11.1 Å². The second-order valence-electron chi connectivity index (χ2n) is 8.36. The fourth-order valence-corrected chi connectivity index (χ4v) is 3.51. The molecule has 2 nitrogen and oxygen atoms in total. The third-order valence-corrected chi connectivity index (χ3v) is 5.30. The maximum Gasteiger partial charge on any atom is 0.0706 e. The molecule has 1 aliphatic rings. The molecule has 140 valence electrons. The zero-order valence-electron chi connectivity index (χ0n) is 16.8. The van der Waals surface area contributed by atoms with Crippen molar-refractivity contribution in [3.63, 3.8) is 0 Å². The zero-order chi connectivity index (χ0) is 19.6. The average molecular weight is 367 g/mol. The first-order valence-corrected chi connectivity index (χ1v) is 9.91. The van der Waals surface area contributed by atoms with Gasteiger partial charge in [-0.15, -0.1) is 0 Å². The van der Waals surface area contributed by atoms with E-state index in [0.717, 1.165) is 29.8 Å². The van der Waals surface area contributed by atoms with Crippen LogP contribution in [0.15, 0.2) is 89.1 Å². The molecular weight excluding hydrogens is 340 g/mol. The van der Waals surface area contributed by atoms with E-state index in [1.54, 1.807) is 0 Å². The molecule has 0 N–H and O–H groups in total. The molecule has 4 rings (SSSR count). The van der Waals surface area contributed by atoms with Crippen molar-refractivity contribution < 1.29 is 0 Å². The van der Waals surface area contributed by atoms with Crippen LogP contribution in [0.5, 0.6) is 0 Å². The molecule has 0 amide bonds. The molecule has 0 saturated heterocycles. The Morgan fingerprint density at radius 1 is 0.536 bits per heavy atom. The summed E-state index contributed by atoms with van der Waals surface area (Å²) in [7, 11) is 0. The van der Waals surface area contributed by atoms with E-state index in [-0.39, 0.29) is 5.41 Å². The number of hydrogen-bond acceptors (Lipinski definition) is 2. The summed E-state index contributed by atoms with van der Waals surface area (Å²) in [5.74, 6) is 0. The van der Waals surface area contributed by atoms with Crippen LogP contribution in [0, 0.1) is 0 Å².